The van der Waals surface area contributed by atoms with E-state index >= 15 is 0 Å². The molecule has 0 bridgehead atoms. The van der Waals surface area contributed by atoms with E-state index in [0.717, 1.165) is 23.8 Å². The average molecular weight is 387 g/mol. The van der Waals surface area contributed by atoms with Gasteiger partial charge in [-0.1, -0.05) is 30.3 Å². The molecule has 0 radical (unpaired) electrons. The molecule has 6 heteroatoms. The molecule has 3 aromatic rings. The molecule has 2 N–H and O–H groups in total. The molecule has 1 amide bonds. The van der Waals surface area contributed by atoms with Crippen molar-refractivity contribution in [2.24, 2.45) is 0 Å². The Kier molecular flexibility index (Phi) is 5.15. The van der Waals surface area contributed by atoms with E-state index in [1.807, 2.05) is 36.4 Å². The number of nitrogens with one attached hydrogen (secondary N) is 1. The van der Waals surface area contributed by atoms with Gasteiger partial charge in [-0.05, 0) is 48.4 Å². The zero-order chi connectivity index (χ0) is 20.4. The third-order valence-electron chi connectivity index (χ3n) is 5.39. The monoisotopic (exact) mass is 387 g/mol. The predicted octanol–water partition coefficient (Wildman–Crippen LogP) is 3.43. The second-order valence-corrected chi connectivity index (χ2v) is 7.15. The number of hydrogen-bond donors (Lipinski definition) is 2. The van der Waals surface area contributed by atoms with Crippen LogP contribution in [-0.2, 0) is 0 Å². The number of methoxy groups -OCH3 is 1. The number of carbonyl (C=O) groups is 1. The van der Waals surface area contributed by atoms with Crippen LogP contribution in [0.15, 0.2) is 48.5 Å². The Labute approximate surface area is 168 Å². The van der Waals surface area contributed by atoms with Crippen molar-refractivity contribution in [1.82, 2.24) is 10.3 Å². The van der Waals surface area contributed by atoms with Gasteiger partial charge in [-0.3, -0.25) is 4.79 Å². The molecule has 1 fully saturated rings. The van der Waals surface area contributed by atoms with E-state index in [2.05, 4.69) is 16.4 Å². The summed E-state index contributed by atoms with van der Waals surface area (Å²) in [6, 6.07) is 16.7. The Morgan fingerprint density at radius 3 is 2.66 bits per heavy atom. The molecule has 0 saturated heterocycles. The van der Waals surface area contributed by atoms with Gasteiger partial charge in [0.25, 0.3) is 5.91 Å². The van der Waals surface area contributed by atoms with Crippen molar-refractivity contribution in [2.75, 3.05) is 7.11 Å². The van der Waals surface area contributed by atoms with Crippen molar-refractivity contribution < 1.29 is 14.6 Å². The van der Waals surface area contributed by atoms with E-state index in [9.17, 15) is 15.2 Å². The number of aliphatic hydroxyl groups excluding tert-OH is 1. The zero-order valence-corrected chi connectivity index (χ0v) is 16.1. The van der Waals surface area contributed by atoms with Gasteiger partial charge in [0.2, 0.25) is 0 Å². The largest absolute Gasteiger partial charge is 0.497 e. The second-order valence-electron chi connectivity index (χ2n) is 7.15. The molecule has 0 aliphatic heterocycles. The molecular weight excluding hydrogens is 366 g/mol. The van der Waals surface area contributed by atoms with E-state index in [-0.39, 0.29) is 23.3 Å². The Morgan fingerprint density at radius 1 is 1.21 bits per heavy atom. The maximum Gasteiger partial charge on any atom is 0.270 e. The van der Waals surface area contributed by atoms with E-state index in [1.54, 1.807) is 19.2 Å². The minimum absolute atomic E-state index is 0.175. The summed E-state index contributed by atoms with van der Waals surface area (Å²) in [4.78, 5) is 17.4. The molecule has 1 aliphatic carbocycles. The number of ether oxygens (including phenoxy) is 1. The summed E-state index contributed by atoms with van der Waals surface area (Å²) in [5.41, 5.74) is 1.86. The third-order valence-corrected chi connectivity index (χ3v) is 5.39. The molecular formula is C23H21N3O3. The molecule has 2 aromatic carbocycles. The van der Waals surface area contributed by atoms with Gasteiger partial charge in [-0.15, -0.1) is 0 Å². The van der Waals surface area contributed by atoms with Crippen LogP contribution in [0, 0.1) is 11.3 Å². The van der Waals surface area contributed by atoms with Crippen molar-refractivity contribution in [3.63, 3.8) is 0 Å². The highest BCUT2D eigenvalue weighted by Gasteiger charge is 2.28. The molecule has 0 spiro atoms. The molecule has 1 aliphatic rings. The summed E-state index contributed by atoms with van der Waals surface area (Å²) in [5, 5.41) is 24.1. The molecule has 1 heterocycles. The average Bonchev–Trinajstić information content (AvgIpc) is 3.16. The van der Waals surface area contributed by atoms with Crippen molar-refractivity contribution in [2.45, 2.75) is 31.4 Å². The lowest BCUT2D eigenvalue weighted by Gasteiger charge is -2.18. The quantitative estimate of drug-likeness (QED) is 0.715. The van der Waals surface area contributed by atoms with Crippen LogP contribution in [0.4, 0.5) is 0 Å². The lowest BCUT2D eigenvalue weighted by atomic mass is 9.95. The van der Waals surface area contributed by atoms with Gasteiger partial charge in [0.05, 0.1) is 19.3 Å². The van der Waals surface area contributed by atoms with Crippen LogP contribution in [-0.4, -0.2) is 35.3 Å². The number of amides is 1. The summed E-state index contributed by atoms with van der Waals surface area (Å²) in [5.74, 6) is 0.240. The van der Waals surface area contributed by atoms with E-state index in [0.29, 0.717) is 23.1 Å². The topological polar surface area (TPSA) is 95.2 Å². The van der Waals surface area contributed by atoms with E-state index in [1.165, 1.54) is 0 Å². The Bertz CT molecular complexity index is 1110. The first-order valence-corrected chi connectivity index (χ1v) is 9.58. The van der Waals surface area contributed by atoms with E-state index in [4.69, 9.17) is 4.74 Å². The summed E-state index contributed by atoms with van der Waals surface area (Å²) < 4.78 is 5.37. The van der Waals surface area contributed by atoms with Crippen molar-refractivity contribution in [3.05, 3.63) is 59.9 Å². The number of rotatable bonds is 4. The maximum absolute atomic E-state index is 13.0. The highest BCUT2D eigenvalue weighted by Crippen LogP contribution is 2.35. The molecule has 146 valence electrons. The van der Waals surface area contributed by atoms with Gasteiger partial charge in [-0.2, -0.15) is 5.26 Å². The zero-order valence-electron chi connectivity index (χ0n) is 16.1. The molecule has 1 aromatic heterocycles. The molecule has 0 unspecified atom stereocenters. The smallest absolute Gasteiger partial charge is 0.270 e. The molecule has 6 nitrogen and oxygen atoms in total. The van der Waals surface area contributed by atoms with Crippen LogP contribution < -0.4 is 10.1 Å². The minimum Gasteiger partial charge on any atom is -0.497 e. The van der Waals surface area contributed by atoms with Crippen LogP contribution in [0.3, 0.4) is 0 Å². The number of aromatic nitrogens is 1. The fourth-order valence-corrected chi connectivity index (χ4v) is 3.92. The molecule has 4 rings (SSSR count). The van der Waals surface area contributed by atoms with Gasteiger partial charge < -0.3 is 15.2 Å². The third kappa shape index (κ3) is 3.53. The normalized spacial score (nSPS) is 18.4. The maximum atomic E-state index is 13.0. The van der Waals surface area contributed by atoms with Crippen molar-refractivity contribution >= 4 is 16.7 Å². The van der Waals surface area contributed by atoms with Crippen LogP contribution in [0.1, 0.15) is 35.4 Å². The standard InChI is InChI=1S/C23H21N3O3/c1-29-15-10-11-16-17(12-15)21(14-6-3-2-4-7-14)19(13-24)25-22(16)23(28)26-18-8-5-9-20(18)27/h2-4,6-7,10-12,18,20,27H,5,8-9H2,1H3,(H,26,28)/t18-,20-/m0/s1. The van der Waals surface area contributed by atoms with Crippen molar-refractivity contribution in [1.29, 1.82) is 5.26 Å². The highest BCUT2D eigenvalue weighted by atomic mass is 16.5. The molecule has 29 heavy (non-hydrogen) atoms. The number of pyridine rings is 1. The van der Waals surface area contributed by atoms with Crippen LogP contribution in [0.5, 0.6) is 5.75 Å². The number of nitrogens with zero attached hydrogens (tertiary/aromatic N) is 2. The number of fused-ring (bicyclic) bond motifs is 1. The first kappa shape index (κ1) is 18.9. The number of carbonyl (C=O) groups excluding carboxylic acids is 1. The highest BCUT2D eigenvalue weighted by molar-refractivity contribution is 6.10. The van der Waals surface area contributed by atoms with Crippen molar-refractivity contribution in [3.8, 4) is 22.9 Å². The van der Waals surface area contributed by atoms with E-state index < -0.39 is 6.10 Å². The van der Waals surface area contributed by atoms with Crippen LogP contribution in [0.25, 0.3) is 21.9 Å². The van der Waals surface area contributed by atoms with Gasteiger partial charge >= 0.3 is 0 Å². The first-order valence-electron chi connectivity index (χ1n) is 9.58. The van der Waals surface area contributed by atoms with Crippen LogP contribution in [0.2, 0.25) is 0 Å². The number of aliphatic hydroxyl groups is 1. The lowest BCUT2D eigenvalue weighted by molar-refractivity contribution is 0.0870. The Hall–Kier alpha value is -3.43. The SMILES string of the molecule is COc1ccc2c(C(=O)N[C@H]3CCC[C@@H]3O)nc(C#N)c(-c3ccccc3)c2c1. The first-order chi connectivity index (χ1) is 14.1. The summed E-state index contributed by atoms with van der Waals surface area (Å²) in [7, 11) is 1.57. The van der Waals surface area contributed by atoms with Gasteiger partial charge in [-0.25, -0.2) is 4.98 Å². The van der Waals surface area contributed by atoms with Gasteiger partial charge in [0.15, 0.2) is 0 Å². The summed E-state index contributed by atoms with van der Waals surface area (Å²) in [6.07, 6.45) is 1.72. The van der Waals surface area contributed by atoms with Gasteiger partial charge in [0.1, 0.15) is 23.2 Å². The van der Waals surface area contributed by atoms with Gasteiger partial charge in [0, 0.05) is 10.9 Å². The number of nitriles is 1. The molecule has 2 atom stereocenters. The lowest BCUT2D eigenvalue weighted by Crippen LogP contribution is -2.40. The number of benzene rings is 2. The van der Waals surface area contributed by atoms with Crippen LogP contribution >= 0.6 is 0 Å². The minimum atomic E-state index is -0.552. The second kappa shape index (κ2) is 7.90. The summed E-state index contributed by atoms with van der Waals surface area (Å²) in [6.45, 7) is 0. The Balaban J connectivity index is 1.90. The predicted molar refractivity (Wildman–Crippen MR) is 110 cm³/mol. The molecule has 1 saturated carbocycles. The fraction of sp³-hybridized carbons (Fsp3) is 0.261. The Morgan fingerprint density at radius 2 is 2.00 bits per heavy atom. The fourth-order valence-electron chi connectivity index (χ4n) is 3.92. The summed E-state index contributed by atoms with van der Waals surface area (Å²) >= 11 is 0. The number of hydrogen-bond acceptors (Lipinski definition) is 5.